The van der Waals surface area contributed by atoms with Gasteiger partial charge in [-0.2, -0.15) is 0 Å². The predicted octanol–water partition coefficient (Wildman–Crippen LogP) is 7.25. The highest BCUT2D eigenvalue weighted by Gasteiger charge is 2.37. The standard InChI is InChI=1S/C26H43FO2/c1-2-18-15-16-24(17-25(18)27)29-26(28)23-13-11-22(12-14-23)21-9-7-20(8-10-21)19-5-3-4-6-19/h18-25H,2-17H2,1H3. The summed E-state index contributed by atoms with van der Waals surface area (Å²) in [5.41, 5.74) is 0. The molecule has 4 saturated carbocycles. The Bertz CT molecular complexity index is 513. The second-order valence-corrected chi connectivity index (χ2v) is 10.9. The van der Waals surface area contributed by atoms with E-state index in [0.717, 1.165) is 55.8 Å². The summed E-state index contributed by atoms with van der Waals surface area (Å²) >= 11 is 0. The van der Waals surface area contributed by atoms with Crippen LogP contribution in [0.15, 0.2) is 0 Å². The minimum absolute atomic E-state index is 0.0273. The molecule has 0 radical (unpaired) electrons. The lowest BCUT2D eigenvalue weighted by Gasteiger charge is -2.39. The zero-order chi connectivity index (χ0) is 20.2. The summed E-state index contributed by atoms with van der Waals surface area (Å²) in [4.78, 5) is 12.7. The van der Waals surface area contributed by atoms with Crippen LogP contribution in [0.4, 0.5) is 4.39 Å². The Morgan fingerprint density at radius 3 is 1.79 bits per heavy atom. The topological polar surface area (TPSA) is 26.3 Å². The number of alkyl halides is 1. The molecule has 3 heteroatoms. The first kappa shape index (κ1) is 21.6. The highest BCUT2D eigenvalue weighted by molar-refractivity contribution is 5.72. The van der Waals surface area contributed by atoms with Crippen molar-refractivity contribution >= 4 is 5.97 Å². The zero-order valence-electron chi connectivity index (χ0n) is 18.6. The van der Waals surface area contributed by atoms with Crippen LogP contribution in [-0.2, 0) is 9.53 Å². The van der Waals surface area contributed by atoms with Gasteiger partial charge in [-0.15, -0.1) is 0 Å². The van der Waals surface area contributed by atoms with Crippen LogP contribution in [0.2, 0.25) is 0 Å². The summed E-state index contributed by atoms with van der Waals surface area (Å²) in [5, 5.41) is 0. The van der Waals surface area contributed by atoms with Crippen molar-refractivity contribution < 1.29 is 13.9 Å². The van der Waals surface area contributed by atoms with E-state index in [9.17, 15) is 9.18 Å². The Morgan fingerprint density at radius 1 is 0.759 bits per heavy atom. The third-order valence-corrected chi connectivity index (χ3v) is 9.32. The minimum atomic E-state index is -0.790. The van der Waals surface area contributed by atoms with Crippen LogP contribution in [-0.4, -0.2) is 18.2 Å². The molecule has 4 fully saturated rings. The molecule has 166 valence electrons. The van der Waals surface area contributed by atoms with Crippen molar-refractivity contribution in [3.63, 3.8) is 0 Å². The number of ether oxygens (including phenoxy) is 1. The van der Waals surface area contributed by atoms with Crippen LogP contribution in [0.1, 0.15) is 110 Å². The molecule has 2 nitrogen and oxygen atoms in total. The quantitative estimate of drug-likeness (QED) is 0.449. The van der Waals surface area contributed by atoms with Crippen molar-refractivity contribution in [3.8, 4) is 0 Å². The Kier molecular flexibility index (Phi) is 7.56. The van der Waals surface area contributed by atoms with Crippen molar-refractivity contribution in [2.75, 3.05) is 0 Å². The maximum atomic E-state index is 14.2. The summed E-state index contributed by atoms with van der Waals surface area (Å²) in [5.74, 6) is 4.01. The maximum Gasteiger partial charge on any atom is 0.309 e. The van der Waals surface area contributed by atoms with Crippen LogP contribution >= 0.6 is 0 Å². The van der Waals surface area contributed by atoms with Gasteiger partial charge in [0.2, 0.25) is 0 Å². The molecule has 3 atom stereocenters. The molecule has 0 aromatic heterocycles. The van der Waals surface area contributed by atoms with Gasteiger partial charge in [0.15, 0.2) is 0 Å². The van der Waals surface area contributed by atoms with Crippen molar-refractivity contribution in [1.82, 2.24) is 0 Å². The van der Waals surface area contributed by atoms with E-state index in [-0.39, 0.29) is 23.9 Å². The average Bonchev–Trinajstić information content (AvgIpc) is 3.29. The fraction of sp³-hybridized carbons (Fsp3) is 0.962. The summed E-state index contributed by atoms with van der Waals surface area (Å²) in [6.45, 7) is 2.06. The van der Waals surface area contributed by atoms with E-state index < -0.39 is 6.17 Å². The van der Waals surface area contributed by atoms with Crippen LogP contribution in [0.5, 0.6) is 0 Å². The molecule has 4 rings (SSSR count). The van der Waals surface area contributed by atoms with E-state index in [2.05, 4.69) is 6.92 Å². The Labute approximate surface area is 177 Å². The van der Waals surface area contributed by atoms with Gasteiger partial charge in [0.1, 0.15) is 12.3 Å². The molecule has 0 spiro atoms. The summed E-state index contributed by atoms with van der Waals surface area (Å²) in [7, 11) is 0. The number of hydrogen-bond donors (Lipinski definition) is 0. The molecule has 0 aromatic carbocycles. The van der Waals surface area contributed by atoms with Gasteiger partial charge in [0, 0.05) is 6.42 Å². The molecule has 0 saturated heterocycles. The molecule has 4 aliphatic rings. The lowest BCUT2D eigenvalue weighted by molar-refractivity contribution is -0.159. The molecule has 4 aliphatic carbocycles. The van der Waals surface area contributed by atoms with Crippen LogP contribution in [0, 0.1) is 35.5 Å². The number of carbonyl (C=O) groups is 1. The van der Waals surface area contributed by atoms with Gasteiger partial charge >= 0.3 is 5.97 Å². The highest BCUT2D eigenvalue weighted by atomic mass is 19.1. The highest BCUT2D eigenvalue weighted by Crippen LogP contribution is 2.46. The number of rotatable bonds is 5. The Hall–Kier alpha value is -0.600. The molecule has 0 N–H and O–H groups in total. The summed E-state index contributed by atoms with van der Waals surface area (Å²) in [6.07, 6.45) is 18.2. The van der Waals surface area contributed by atoms with E-state index >= 15 is 0 Å². The largest absolute Gasteiger partial charge is 0.462 e. The van der Waals surface area contributed by atoms with Gasteiger partial charge < -0.3 is 4.74 Å². The van der Waals surface area contributed by atoms with Crippen molar-refractivity contribution in [2.24, 2.45) is 35.5 Å². The molecule has 0 bridgehead atoms. The zero-order valence-corrected chi connectivity index (χ0v) is 18.6. The third-order valence-electron chi connectivity index (χ3n) is 9.32. The molecule has 0 amide bonds. The SMILES string of the molecule is CCC1CCC(OC(=O)C2CCC(C3CCC(C4CCCC4)CC3)CC2)CC1F. The molecule has 0 aliphatic heterocycles. The van der Waals surface area contributed by atoms with Crippen LogP contribution in [0.3, 0.4) is 0 Å². The normalized spacial score (nSPS) is 41.9. The molecule has 0 aromatic rings. The second kappa shape index (κ2) is 10.1. The second-order valence-electron chi connectivity index (χ2n) is 10.9. The van der Waals surface area contributed by atoms with E-state index in [0.29, 0.717) is 6.42 Å². The number of carbonyl (C=O) groups excluding carboxylic acids is 1. The molecule has 0 heterocycles. The van der Waals surface area contributed by atoms with Crippen molar-refractivity contribution in [3.05, 3.63) is 0 Å². The first-order chi connectivity index (χ1) is 14.1. The summed E-state index contributed by atoms with van der Waals surface area (Å²) < 4.78 is 20.0. The van der Waals surface area contributed by atoms with Gasteiger partial charge in [-0.05, 0) is 93.8 Å². The van der Waals surface area contributed by atoms with Gasteiger partial charge in [-0.3, -0.25) is 4.79 Å². The van der Waals surface area contributed by atoms with Crippen molar-refractivity contribution in [2.45, 2.75) is 122 Å². The lowest BCUT2D eigenvalue weighted by atomic mass is 9.67. The van der Waals surface area contributed by atoms with E-state index in [4.69, 9.17) is 4.74 Å². The minimum Gasteiger partial charge on any atom is -0.462 e. The average molecular weight is 407 g/mol. The fourth-order valence-electron chi connectivity index (χ4n) is 7.31. The van der Waals surface area contributed by atoms with Gasteiger partial charge in [-0.25, -0.2) is 4.39 Å². The lowest BCUT2D eigenvalue weighted by Crippen LogP contribution is -2.35. The van der Waals surface area contributed by atoms with E-state index in [1.165, 1.54) is 64.2 Å². The number of esters is 1. The third kappa shape index (κ3) is 5.37. The molecule has 3 unspecified atom stereocenters. The van der Waals surface area contributed by atoms with Gasteiger partial charge in [0.25, 0.3) is 0 Å². The smallest absolute Gasteiger partial charge is 0.309 e. The van der Waals surface area contributed by atoms with Gasteiger partial charge in [-0.1, -0.05) is 39.0 Å². The molecule has 29 heavy (non-hydrogen) atoms. The van der Waals surface area contributed by atoms with Crippen molar-refractivity contribution in [1.29, 1.82) is 0 Å². The first-order valence-corrected chi connectivity index (χ1v) is 13.0. The van der Waals surface area contributed by atoms with E-state index in [1.807, 2.05) is 0 Å². The van der Waals surface area contributed by atoms with Gasteiger partial charge in [0.05, 0.1) is 5.92 Å². The Morgan fingerprint density at radius 2 is 1.28 bits per heavy atom. The maximum absolute atomic E-state index is 14.2. The Balaban J connectivity index is 1.16. The van der Waals surface area contributed by atoms with E-state index in [1.54, 1.807) is 0 Å². The van der Waals surface area contributed by atoms with Crippen LogP contribution in [0.25, 0.3) is 0 Å². The predicted molar refractivity (Wildman–Crippen MR) is 115 cm³/mol. The number of hydrogen-bond acceptors (Lipinski definition) is 2. The number of halogens is 1. The monoisotopic (exact) mass is 406 g/mol. The molecular weight excluding hydrogens is 363 g/mol. The summed E-state index contributed by atoms with van der Waals surface area (Å²) in [6, 6.07) is 0. The fourth-order valence-corrected chi connectivity index (χ4v) is 7.31. The molecular formula is C26H43FO2. The first-order valence-electron chi connectivity index (χ1n) is 13.0. The van der Waals surface area contributed by atoms with Crippen LogP contribution < -0.4 is 0 Å².